The summed E-state index contributed by atoms with van der Waals surface area (Å²) in [4.78, 5) is 0. The molecule has 0 spiro atoms. The van der Waals surface area contributed by atoms with Gasteiger partial charge < -0.3 is 36.1 Å². The van der Waals surface area contributed by atoms with E-state index in [1.807, 2.05) is 0 Å². The lowest BCUT2D eigenvalue weighted by Crippen LogP contribution is -2.39. The molecule has 7 fully saturated rings. The fourth-order valence-electron chi connectivity index (χ4n) is 4.67. The minimum absolute atomic E-state index is 0.424. The Labute approximate surface area is 449 Å². The zero-order valence-corrected chi connectivity index (χ0v) is 53.5. The van der Waals surface area contributed by atoms with Crippen molar-refractivity contribution in [2.45, 2.75) is 229 Å². The molecule has 9 nitrogen and oxygen atoms in total. The first kappa shape index (κ1) is 84.0. The summed E-state index contributed by atoms with van der Waals surface area (Å²) < 4.78 is 31.3. The van der Waals surface area contributed by atoms with Gasteiger partial charge in [0.2, 0.25) is 0 Å². The molecule has 0 aromatic rings. The second-order valence-electron chi connectivity index (χ2n) is 23.5. The zero-order chi connectivity index (χ0) is 55.1. The predicted molar refractivity (Wildman–Crippen MR) is 326 cm³/mol. The molecule has 0 radical (unpaired) electrons. The number of hydrogen-bond donors (Lipinski definition) is 5. The van der Waals surface area contributed by atoms with Gasteiger partial charge in [0.05, 0.1) is 24.7 Å². The molecule has 0 aromatic heterocycles. The van der Waals surface area contributed by atoms with Gasteiger partial charge in [0.25, 0.3) is 0 Å². The minimum Gasteiger partial charge on any atom is -0.381 e. The van der Waals surface area contributed by atoms with Crippen molar-refractivity contribution in [2.75, 3.05) is 115 Å². The molecular weight excluding hydrogens is 907 g/mol. The number of piperazine rings is 1. The van der Waals surface area contributed by atoms with Gasteiger partial charge in [-0.05, 0) is 143 Å². The lowest BCUT2D eigenvalue weighted by molar-refractivity contribution is 0.109. The van der Waals surface area contributed by atoms with Gasteiger partial charge in [0.15, 0.2) is 0 Å². The van der Waals surface area contributed by atoms with Gasteiger partial charge in [-0.25, -0.2) is 8.42 Å². The normalized spacial score (nSPS) is 18.4. The molecule has 0 unspecified atom stereocenters. The van der Waals surface area contributed by atoms with E-state index in [9.17, 15) is 8.42 Å². The van der Waals surface area contributed by atoms with Crippen LogP contribution in [-0.4, -0.2) is 123 Å². The summed E-state index contributed by atoms with van der Waals surface area (Å²) in [7, 11) is -2.58. The molecule has 0 aromatic carbocycles. The molecule has 434 valence electrons. The van der Waals surface area contributed by atoms with E-state index in [1.165, 1.54) is 102 Å². The number of nitrogens with one attached hydrogen (secondary N) is 5. The fraction of sp³-hybridized carbons (Fsp3) is 1.00. The van der Waals surface area contributed by atoms with E-state index < -0.39 is 9.84 Å². The fourth-order valence-corrected chi connectivity index (χ4v) is 7.18. The first-order chi connectivity index (χ1) is 32.8. The van der Waals surface area contributed by atoms with Crippen LogP contribution < -0.4 is 26.6 Å². The van der Waals surface area contributed by atoms with Crippen LogP contribution in [0.5, 0.6) is 0 Å². The number of morpholine rings is 1. The average Bonchev–Trinajstić information content (AvgIpc) is 4.07. The van der Waals surface area contributed by atoms with E-state index in [-0.39, 0.29) is 0 Å². The first-order valence-electron chi connectivity index (χ1n) is 29.3. The molecule has 0 amide bonds. The molecule has 0 atom stereocenters. The summed E-state index contributed by atoms with van der Waals surface area (Å²) in [5.74, 6) is 9.51. The van der Waals surface area contributed by atoms with E-state index >= 15 is 0 Å². The zero-order valence-electron chi connectivity index (χ0n) is 51.9. The molecule has 7 rings (SSSR count). The highest BCUT2D eigenvalue weighted by atomic mass is 32.2. The number of sulfone groups is 1. The van der Waals surface area contributed by atoms with Crippen LogP contribution in [0.1, 0.15) is 229 Å². The Bertz CT molecular complexity index is 721. The lowest BCUT2D eigenvalue weighted by atomic mass is 10.2. The molecular formula is C59H137N5O4S2. The van der Waals surface area contributed by atoms with Gasteiger partial charge in [-0.2, -0.15) is 11.8 Å². The summed E-state index contributed by atoms with van der Waals surface area (Å²) in [6.07, 6.45) is 16.8. The molecule has 0 saturated carbocycles. The maximum absolute atomic E-state index is 10.7. The first-order valence-corrected chi connectivity index (χ1v) is 32.3. The van der Waals surface area contributed by atoms with E-state index in [1.54, 1.807) is 0 Å². The standard InChI is InChI=1S/C5H11N.C5H10O2S.C5H10S.C4H10N2.C4H9NO.C4H9N.C4H8O.7C4H10/c1-2-4-6-5-3-1;6-8(7)4-2-1-3-5-8;1-2-4-6-5-3-1;1-2-6-4-3-5-1;1-3-6-4-2-5-1;2*1-2-4-5-3-1;7*1-4(2)3/h6H,1-5H2;1-5H2;1-5H2;5-6H,1-4H2;5H,1-4H2;5H,1-4H2;1-4H2;7*4H,1-3H3. The summed E-state index contributed by atoms with van der Waals surface area (Å²) >= 11 is 2.09. The summed E-state index contributed by atoms with van der Waals surface area (Å²) in [6.45, 7) is 60.9. The number of rotatable bonds is 0. The van der Waals surface area contributed by atoms with Crippen LogP contribution in [-0.2, 0) is 19.3 Å². The summed E-state index contributed by atoms with van der Waals surface area (Å²) in [5.41, 5.74) is 0. The third-order valence-electron chi connectivity index (χ3n) is 7.28. The second kappa shape index (κ2) is 73.3. The van der Waals surface area contributed by atoms with Gasteiger partial charge in [0, 0.05) is 52.5 Å². The third kappa shape index (κ3) is 158. The largest absolute Gasteiger partial charge is 0.381 e. The summed E-state index contributed by atoms with van der Waals surface area (Å²) in [6, 6.07) is 0. The van der Waals surface area contributed by atoms with Gasteiger partial charge in [-0.15, -0.1) is 0 Å². The van der Waals surface area contributed by atoms with Crippen molar-refractivity contribution in [1.82, 2.24) is 26.6 Å². The van der Waals surface area contributed by atoms with E-state index in [2.05, 4.69) is 184 Å². The quantitative estimate of drug-likeness (QED) is 0.161. The predicted octanol–water partition coefficient (Wildman–Crippen LogP) is 14.8. The van der Waals surface area contributed by atoms with Crippen LogP contribution in [0.25, 0.3) is 0 Å². The van der Waals surface area contributed by atoms with Crippen molar-refractivity contribution < 1.29 is 17.9 Å². The Balaban J connectivity index is -0.000000123. The second-order valence-corrected chi connectivity index (χ2v) is 27.0. The SMILES string of the molecule is C1CCNC1.C1CCNCC1.C1CCOC1.C1CCSCC1.C1CNCCN1.C1COCCN1.CC(C)C.CC(C)C.CC(C)C.CC(C)C.CC(C)C.CC(C)C.CC(C)C.O=S1(=O)CCCCC1. The Morgan fingerprint density at radius 3 is 0.629 bits per heavy atom. The van der Waals surface area contributed by atoms with Crippen LogP contribution in [0.3, 0.4) is 0 Å². The van der Waals surface area contributed by atoms with Crippen molar-refractivity contribution in [3.05, 3.63) is 0 Å². The van der Waals surface area contributed by atoms with E-state index in [0.717, 1.165) is 126 Å². The lowest BCUT2D eigenvalue weighted by Gasteiger charge is -2.11. The highest BCUT2D eigenvalue weighted by Crippen LogP contribution is 2.15. The van der Waals surface area contributed by atoms with Crippen molar-refractivity contribution in [2.24, 2.45) is 41.4 Å². The minimum atomic E-state index is -2.58. The van der Waals surface area contributed by atoms with Gasteiger partial charge in [0.1, 0.15) is 9.84 Å². The number of thioether (sulfide) groups is 1. The van der Waals surface area contributed by atoms with Crippen LogP contribution in [0, 0.1) is 41.4 Å². The van der Waals surface area contributed by atoms with E-state index in [4.69, 9.17) is 9.47 Å². The van der Waals surface area contributed by atoms with Crippen LogP contribution >= 0.6 is 11.8 Å². The monoisotopic (exact) mass is 1040 g/mol. The maximum atomic E-state index is 10.7. The molecule has 7 heterocycles. The Morgan fingerprint density at radius 2 is 0.514 bits per heavy atom. The van der Waals surface area contributed by atoms with Crippen LogP contribution in [0.15, 0.2) is 0 Å². The van der Waals surface area contributed by atoms with Crippen LogP contribution in [0.2, 0.25) is 0 Å². The topological polar surface area (TPSA) is 113 Å². The van der Waals surface area contributed by atoms with E-state index in [0.29, 0.717) is 11.5 Å². The average molecular weight is 1040 g/mol. The molecule has 7 saturated heterocycles. The molecule has 0 bridgehead atoms. The molecule has 5 N–H and O–H groups in total. The number of piperidine rings is 1. The molecule has 70 heavy (non-hydrogen) atoms. The number of hydrogen-bond acceptors (Lipinski definition) is 10. The smallest absolute Gasteiger partial charge is 0.150 e. The molecule has 11 heteroatoms. The van der Waals surface area contributed by atoms with Crippen molar-refractivity contribution >= 4 is 21.6 Å². The molecule has 7 aliphatic rings. The Hall–Kier alpha value is 0.0200. The van der Waals surface area contributed by atoms with Crippen molar-refractivity contribution in [1.29, 1.82) is 0 Å². The van der Waals surface area contributed by atoms with Crippen molar-refractivity contribution in [3.8, 4) is 0 Å². The van der Waals surface area contributed by atoms with Gasteiger partial charge in [-0.1, -0.05) is 165 Å². The Kier molecular flexibility index (Phi) is 87.9. The highest BCUT2D eigenvalue weighted by molar-refractivity contribution is 7.99. The maximum Gasteiger partial charge on any atom is 0.150 e. The van der Waals surface area contributed by atoms with Gasteiger partial charge in [-0.3, -0.25) is 0 Å². The van der Waals surface area contributed by atoms with Crippen LogP contribution in [0.4, 0.5) is 0 Å². The third-order valence-corrected chi connectivity index (χ3v) is 10.3. The molecule has 7 aliphatic heterocycles. The number of ether oxygens (including phenoxy) is 2. The summed E-state index contributed by atoms with van der Waals surface area (Å²) in [5, 5.41) is 16.1. The van der Waals surface area contributed by atoms with Gasteiger partial charge >= 0.3 is 0 Å². The highest BCUT2D eigenvalue weighted by Gasteiger charge is 2.14. The Morgan fingerprint density at radius 1 is 0.286 bits per heavy atom. The molecule has 0 aliphatic carbocycles. The van der Waals surface area contributed by atoms with Crippen molar-refractivity contribution in [3.63, 3.8) is 0 Å².